The maximum Gasteiger partial charge on any atom is 0.410 e. The average molecular weight is 648 g/mol. The molecule has 1 aromatic heterocycles. The van der Waals surface area contributed by atoms with Crippen molar-refractivity contribution >= 4 is 12.0 Å². The minimum Gasteiger partial charge on any atom is -0.492 e. The molecule has 0 aliphatic carbocycles. The molecule has 2 aromatic rings. The molecule has 11 heteroatoms. The number of piperazine rings is 1. The zero-order chi connectivity index (χ0) is 32.8. The van der Waals surface area contributed by atoms with Crippen molar-refractivity contribution in [1.82, 2.24) is 34.5 Å². The van der Waals surface area contributed by atoms with Crippen molar-refractivity contribution in [3.63, 3.8) is 0 Å². The molecule has 3 saturated heterocycles. The van der Waals surface area contributed by atoms with E-state index in [1.165, 1.54) is 18.4 Å². The van der Waals surface area contributed by atoms with Crippen LogP contribution in [0.25, 0.3) is 0 Å². The van der Waals surface area contributed by atoms with Crippen LogP contribution in [0.15, 0.2) is 36.8 Å². The SMILES string of the molecule is CC(C)(C)OC(=O)N1CCN(CC2CCN(CCOc3cccc([C@@H]4CCCN(C(=O)CN5Cc6cncnc6C5)C4)c3)CC2)CC1. The second kappa shape index (κ2) is 15.3. The van der Waals surface area contributed by atoms with E-state index in [1.807, 2.05) is 36.8 Å². The fourth-order valence-corrected chi connectivity index (χ4v) is 7.39. The van der Waals surface area contributed by atoms with Gasteiger partial charge in [0.2, 0.25) is 5.91 Å². The van der Waals surface area contributed by atoms with E-state index in [0.29, 0.717) is 31.5 Å². The summed E-state index contributed by atoms with van der Waals surface area (Å²) in [6, 6.07) is 8.51. The molecule has 47 heavy (non-hydrogen) atoms. The van der Waals surface area contributed by atoms with Gasteiger partial charge in [-0.1, -0.05) is 12.1 Å². The quantitative estimate of drug-likeness (QED) is 0.403. The number of hydrogen-bond donors (Lipinski definition) is 0. The van der Waals surface area contributed by atoms with Crippen molar-refractivity contribution in [3.8, 4) is 5.75 Å². The topological polar surface area (TPSA) is 94.6 Å². The van der Waals surface area contributed by atoms with Crippen LogP contribution in [-0.4, -0.2) is 131 Å². The summed E-state index contributed by atoms with van der Waals surface area (Å²) in [6.45, 7) is 17.5. The third kappa shape index (κ3) is 9.42. The lowest BCUT2D eigenvalue weighted by molar-refractivity contribution is -0.133. The van der Waals surface area contributed by atoms with Crippen LogP contribution in [0.5, 0.6) is 5.75 Å². The molecule has 2 amide bonds. The average Bonchev–Trinajstić information content (AvgIpc) is 3.48. The van der Waals surface area contributed by atoms with E-state index >= 15 is 0 Å². The molecule has 4 aliphatic heterocycles. The Labute approximate surface area is 280 Å². The Hall–Kier alpha value is -3.28. The van der Waals surface area contributed by atoms with Gasteiger partial charge in [0.05, 0.1) is 12.2 Å². The molecule has 0 spiro atoms. The summed E-state index contributed by atoms with van der Waals surface area (Å²) in [5.41, 5.74) is 2.98. The van der Waals surface area contributed by atoms with Crippen molar-refractivity contribution < 1.29 is 19.1 Å². The second-order valence-corrected chi connectivity index (χ2v) is 14.8. The first-order valence-electron chi connectivity index (χ1n) is 17.6. The second-order valence-electron chi connectivity index (χ2n) is 14.8. The Morgan fingerprint density at radius 2 is 1.72 bits per heavy atom. The van der Waals surface area contributed by atoms with Crippen LogP contribution in [0.3, 0.4) is 0 Å². The molecular formula is C36H53N7O4. The van der Waals surface area contributed by atoms with Gasteiger partial charge >= 0.3 is 6.09 Å². The van der Waals surface area contributed by atoms with Gasteiger partial charge in [0.15, 0.2) is 0 Å². The van der Waals surface area contributed by atoms with Gasteiger partial charge in [-0.2, -0.15) is 0 Å². The van der Waals surface area contributed by atoms with E-state index in [1.54, 1.807) is 6.33 Å². The molecule has 6 rings (SSSR count). The molecule has 4 aliphatic rings. The maximum atomic E-state index is 13.2. The largest absolute Gasteiger partial charge is 0.492 e. The molecule has 5 heterocycles. The molecule has 256 valence electrons. The van der Waals surface area contributed by atoms with Crippen molar-refractivity contribution in [1.29, 1.82) is 0 Å². The number of rotatable bonds is 9. The Bertz CT molecular complexity index is 1330. The number of carbonyl (C=O) groups excluding carboxylic acids is 2. The van der Waals surface area contributed by atoms with Gasteiger partial charge in [0, 0.05) is 83.1 Å². The van der Waals surface area contributed by atoms with Gasteiger partial charge in [-0.3, -0.25) is 19.5 Å². The standard InChI is InChI=1S/C36H53N7O4/c1-36(2,3)47-35(45)42-16-14-40(15-17-42)22-28-9-12-39(13-10-28)18-19-46-32-8-4-6-29(20-32)30-7-5-11-43(24-30)34(44)26-41-23-31-21-37-27-38-33(31)25-41/h4,6,8,20-21,27-28,30H,5,7,9-19,22-26H2,1-3H3/t30-/m1/s1. The minimum absolute atomic E-state index is 0.191. The smallest absolute Gasteiger partial charge is 0.410 e. The van der Waals surface area contributed by atoms with Crippen LogP contribution >= 0.6 is 0 Å². The summed E-state index contributed by atoms with van der Waals surface area (Å²) in [4.78, 5) is 45.2. The van der Waals surface area contributed by atoms with E-state index in [-0.39, 0.29) is 12.0 Å². The molecule has 1 aromatic carbocycles. The number of likely N-dealkylation sites (tertiary alicyclic amines) is 2. The Morgan fingerprint density at radius 1 is 0.915 bits per heavy atom. The molecule has 0 saturated carbocycles. The molecule has 0 bridgehead atoms. The van der Waals surface area contributed by atoms with Gasteiger partial charge in [-0.25, -0.2) is 14.8 Å². The van der Waals surface area contributed by atoms with E-state index < -0.39 is 5.60 Å². The summed E-state index contributed by atoms with van der Waals surface area (Å²) in [5, 5.41) is 0. The first-order valence-corrected chi connectivity index (χ1v) is 17.6. The van der Waals surface area contributed by atoms with Crippen LogP contribution in [0.4, 0.5) is 4.79 Å². The Balaban J connectivity index is 0.880. The van der Waals surface area contributed by atoms with Gasteiger partial charge in [0.25, 0.3) is 0 Å². The first kappa shape index (κ1) is 33.6. The van der Waals surface area contributed by atoms with Crippen LogP contribution in [0.1, 0.15) is 69.2 Å². The van der Waals surface area contributed by atoms with Crippen LogP contribution in [-0.2, 0) is 22.6 Å². The monoisotopic (exact) mass is 647 g/mol. The minimum atomic E-state index is -0.448. The highest BCUT2D eigenvalue weighted by Crippen LogP contribution is 2.30. The Morgan fingerprint density at radius 3 is 2.49 bits per heavy atom. The van der Waals surface area contributed by atoms with Crippen molar-refractivity contribution in [2.24, 2.45) is 5.92 Å². The van der Waals surface area contributed by atoms with Crippen LogP contribution in [0, 0.1) is 5.92 Å². The van der Waals surface area contributed by atoms with Crippen molar-refractivity contribution in [2.45, 2.75) is 71.1 Å². The molecule has 0 radical (unpaired) electrons. The van der Waals surface area contributed by atoms with E-state index in [4.69, 9.17) is 9.47 Å². The van der Waals surface area contributed by atoms with Gasteiger partial charge < -0.3 is 19.3 Å². The number of fused-ring (bicyclic) bond motifs is 1. The highest BCUT2D eigenvalue weighted by Gasteiger charge is 2.30. The summed E-state index contributed by atoms with van der Waals surface area (Å²) < 4.78 is 11.8. The number of amides is 2. The maximum absolute atomic E-state index is 13.2. The summed E-state index contributed by atoms with van der Waals surface area (Å²) in [5.74, 6) is 2.16. The van der Waals surface area contributed by atoms with Gasteiger partial charge in [-0.15, -0.1) is 0 Å². The summed E-state index contributed by atoms with van der Waals surface area (Å²) in [6.07, 6.45) is 7.78. The number of benzene rings is 1. The van der Waals surface area contributed by atoms with E-state index in [0.717, 1.165) is 102 Å². The van der Waals surface area contributed by atoms with Crippen molar-refractivity contribution in [2.75, 3.05) is 78.6 Å². The lowest BCUT2D eigenvalue weighted by atomic mass is 9.90. The fourth-order valence-electron chi connectivity index (χ4n) is 7.39. The zero-order valence-corrected chi connectivity index (χ0v) is 28.6. The molecule has 11 nitrogen and oxygen atoms in total. The molecule has 0 unspecified atom stereocenters. The van der Waals surface area contributed by atoms with Crippen LogP contribution in [0.2, 0.25) is 0 Å². The number of hydrogen-bond acceptors (Lipinski definition) is 9. The predicted octanol–water partition coefficient (Wildman–Crippen LogP) is 3.84. The van der Waals surface area contributed by atoms with Crippen LogP contribution < -0.4 is 4.74 Å². The number of carbonyl (C=O) groups is 2. The lowest BCUT2D eigenvalue weighted by Gasteiger charge is -2.39. The molecule has 0 N–H and O–H groups in total. The highest BCUT2D eigenvalue weighted by atomic mass is 16.6. The fraction of sp³-hybridized carbons (Fsp3) is 0.667. The first-order chi connectivity index (χ1) is 22.7. The summed E-state index contributed by atoms with van der Waals surface area (Å²) in [7, 11) is 0. The van der Waals surface area contributed by atoms with E-state index in [9.17, 15) is 9.59 Å². The highest BCUT2D eigenvalue weighted by molar-refractivity contribution is 5.78. The molecule has 3 fully saturated rings. The third-order valence-corrected chi connectivity index (χ3v) is 10.0. The molecular weight excluding hydrogens is 594 g/mol. The Kier molecular flexibility index (Phi) is 10.9. The number of piperidine rings is 2. The number of nitrogens with zero attached hydrogens (tertiary/aromatic N) is 7. The number of ether oxygens (including phenoxy) is 2. The van der Waals surface area contributed by atoms with Crippen molar-refractivity contribution in [3.05, 3.63) is 53.6 Å². The number of aromatic nitrogens is 2. The predicted molar refractivity (Wildman–Crippen MR) is 180 cm³/mol. The lowest BCUT2D eigenvalue weighted by Crippen LogP contribution is -2.51. The molecule has 1 atom stereocenters. The summed E-state index contributed by atoms with van der Waals surface area (Å²) >= 11 is 0. The van der Waals surface area contributed by atoms with Gasteiger partial charge in [0.1, 0.15) is 24.3 Å². The van der Waals surface area contributed by atoms with E-state index in [2.05, 4.69) is 48.9 Å². The third-order valence-electron chi connectivity index (χ3n) is 10.0. The van der Waals surface area contributed by atoms with Gasteiger partial charge in [-0.05, 0) is 83.2 Å². The normalized spacial score (nSPS) is 21.9. The zero-order valence-electron chi connectivity index (χ0n) is 28.6.